The van der Waals surface area contributed by atoms with Crippen molar-refractivity contribution in [3.8, 4) is 11.5 Å². The smallest absolute Gasteiger partial charge is 0.295 e. The lowest BCUT2D eigenvalue weighted by Crippen LogP contribution is -2.42. The van der Waals surface area contributed by atoms with E-state index in [9.17, 15) is 19.1 Å². The Labute approximate surface area is 197 Å². The maximum absolute atomic E-state index is 13.4. The zero-order valence-electron chi connectivity index (χ0n) is 19.1. The van der Waals surface area contributed by atoms with E-state index in [0.29, 0.717) is 36.8 Å². The van der Waals surface area contributed by atoms with Crippen molar-refractivity contribution >= 4 is 17.4 Å². The summed E-state index contributed by atoms with van der Waals surface area (Å²) in [6, 6.07) is 9.39. The molecule has 0 saturated carbocycles. The van der Waals surface area contributed by atoms with Crippen LogP contribution in [0.5, 0.6) is 11.5 Å². The number of carbonyl (C=O) groups is 2. The monoisotopic (exact) mass is 470 g/mol. The van der Waals surface area contributed by atoms with E-state index in [1.807, 2.05) is 0 Å². The van der Waals surface area contributed by atoms with Crippen LogP contribution in [-0.4, -0.2) is 80.2 Å². The van der Waals surface area contributed by atoms with Crippen LogP contribution in [0.1, 0.15) is 17.2 Å². The molecule has 1 atom stereocenters. The molecule has 0 unspecified atom stereocenters. The van der Waals surface area contributed by atoms with Gasteiger partial charge in [-0.2, -0.15) is 0 Å². The van der Waals surface area contributed by atoms with Crippen molar-refractivity contribution in [2.24, 2.45) is 0 Å². The third-order valence-corrected chi connectivity index (χ3v) is 6.14. The summed E-state index contributed by atoms with van der Waals surface area (Å²) in [6.07, 6.45) is 0. The van der Waals surface area contributed by atoms with E-state index < -0.39 is 23.5 Å². The number of amides is 1. The van der Waals surface area contributed by atoms with Crippen LogP contribution in [0.3, 0.4) is 0 Å². The second-order valence-electron chi connectivity index (χ2n) is 8.07. The van der Waals surface area contributed by atoms with Crippen LogP contribution in [-0.2, 0) is 14.3 Å². The predicted molar refractivity (Wildman–Crippen MR) is 122 cm³/mol. The molecule has 0 aliphatic carbocycles. The van der Waals surface area contributed by atoms with Crippen LogP contribution in [0, 0.1) is 5.82 Å². The van der Waals surface area contributed by atoms with Crippen molar-refractivity contribution in [2.75, 3.05) is 53.6 Å². The minimum absolute atomic E-state index is 0.0502. The zero-order valence-corrected chi connectivity index (χ0v) is 19.1. The Balaban J connectivity index is 1.77. The van der Waals surface area contributed by atoms with Gasteiger partial charge in [0.15, 0.2) is 11.5 Å². The van der Waals surface area contributed by atoms with E-state index >= 15 is 0 Å². The molecule has 0 spiro atoms. The minimum Gasteiger partial charge on any atom is -0.507 e. The zero-order chi connectivity index (χ0) is 24.2. The summed E-state index contributed by atoms with van der Waals surface area (Å²) in [5.74, 6) is -1.39. The number of Topliss-reactive ketones (excluding diaryl/α,β-unsaturated/α-hetero) is 1. The van der Waals surface area contributed by atoms with Crippen LogP contribution < -0.4 is 9.47 Å². The number of halogens is 1. The molecule has 8 nitrogen and oxygen atoms in total. The van der Waals surface area contributed by atoms with E-state index in [1.54, 1.807) is 18.2 Å². The van der Waals surface area contributed by atoms with Gasteiger partial charge in [-0.1, -0.05) is 6.07 Å². The highest BCUT2D eigenvalue weighted by Crippen LogP contribution is 2.41. The third kappa shape index (κ3) is 4.62. The SMILES string of the molecule is COc1ccc([C@@H]2C(=C(O)c3ccc(F)cc3)C(=O)C(=O)N2CCN2CCOCC2)cc1OC. The lowest BCUT2D eigenvalue weighted by molar-refractivity contribution is -0.140. The quantitative estimate of drug-likeness (QED) is 0.378. The first-order valence-electron chi connectivity index (χ1n) is 11.0. The topological polar surface area (TPSA) is 88.5 Å². The summed E-state index contributed by atoms with van der Waals surface area (Å²) in [5, 5.41) is 11.1. The summed E-state index contributed by atoms with van der Waals surface area (Å²) < 4.78 is 29.6. The fourth-order valence-corrected chi connectivity index (χ4v) is 4.32. The van der Waals surface area contributed by atoms with Crippen LogP contribution in [0.15, 0.2) is 48.0 Å². The van der Waals surface area contributed by atoms with Crippen molar-refractivity contribution < 1.29 is 33.3 Å². The average molecular weight is 470 g/mol. The van der Waals surface area contributed by atoms with Crippen LogP contribution in [0.4, 0.5) is 4.39 Å². The Hall–Kier alpha value is -3.43. The van der Waals surface area contributed by atoms with Crippen LogP contribution in [0.2, 0.25) is 0 Å². The molecule has 1 N–H and O–H groups in total. The molecule has 2 fully saturated rings. The number of aliphatic hydroxyl groups excluding tert-OH is 1. The van der Waals surface area contributed by atoms with Crippen molar-refractivity contribution in [1.29, 1.82) is 0 Å². The molecule has 2 saturated heterocycles. The summed E-state index contributed by atoms with van der Waals surface area (Å²) in [5.41, 5.74) is 0.784. The second-order valence-corrected chi connectivity index (χ2v) is 8.07. The molecule has 0 aromatic heterocycles. The van der Waals surface area contributed by atoms with Crippen molar-refractivity contribution in [3.63, 3.8) is 0 Å². The van der Waals surface area contributed by atoms with E-state index in [0.717, 1.165) is 13.1 Å². The van der Waals surface area contributed by atoms with Gasteiger partial charge in [0.05, 0.1) is 39.0 Å². The third-order valence-electron chi connectivity index (χ3n) is 6.14. The van der Waals surface area contributed by atoms with Crippen molar-refractivity contribution in [3.05, 3.63) is 65.0 Å². The maximum Gasteiger partial charge on any atom is 0.295 e. The van der Waals surface area contributed by atoms with Gasteiger partial charge in [-0.15, -0.1) is 0 Å². The summed E-state index contributed by atoms with van der Waals surface area (Å²) in [7, 11) is 3.01. The molecule has 2 aliphatic heterocycles. The number of morpholine rings is 1. The molecule has 180 valence electrons. The molecular formula is C25H27FN2O6. The van der Waals surface area contributed by atoms with Crippen molar-refractivity contribution in [1.82, 2.24) is 9.80 Å². The number of hydrogen-bond acceptors (Lipinski definition) is 7. The number of rotatable bonds is 7. The van der Waals surface area contributed by atoms with Gasteiger partial charge < -0.3 is 24.2 Å². The van der Waals surface area contributed by atoms with Gasteiger partial charge in [-0.05, 0) is 42.0 Å². The Bertz CT molecular complexity index is 1100. The van der Waals surface area contributed by atoms with Crippen molar-refractivity contribution in [2.45, 2.75) is 6.04 Å². The van der Waals surface area contributed by atoms with E-state index in [-0.39, 0.29) is 23.4 Å². The Morgan fingerprint density at radius 2 is 1.71 bits per heavy atom. The first-order chi connectivity index (χ1) is 16.4. The molecule has 34 heavy (non-hydrogen) atoms. The number of ketones is 1. The number of aliphatic hydroxyl groups is 1. The summed E-state index contributed by atoms with van der Waals surface area (Å²) in [6.45, 7) is 3.53. The Kier molecular flexibility index (Phi) is 7.14. The van der Waals surface area contributed by atoms with E-state index in [4.69, 9.17) is 14.2 Å². The molecule has 4 rings (SSSR count). The predicted octanol–water partition coefficient (Wildman–Crippen LogP) is 2.60. The normalized spacial score (nSPS) is 20.6. The molecule has 2 aromatic rings. The number of benzene rings is 2. The number of nitrogens with zero attached hydrogens (tertiary/aromatic N) is 2. The molecule has 9 heteroatoms. The molecule has 2 aliphatic rings. The lowest BCUT2D eigenvalue weighted by atomic mass is 9.95. The van der Waals surface area contributed by atoms with Gasteiger partial charge in [0.2, 0.25) is 0 Å². The number of methoxy groups -OCH3 is 2. The van der Waals surface area contributed by atoms with Crippen LogP contribution >= 0.6 is 0 Å². The highest BCUT2D eigenvalue weighted by Gasteiger charge is 2.46. The molecule has 2 heterocycles. The first-order valence-corrected chi connectivity index (χ1v) is 11.0. The van der Waals surface area contributed by atoms with Gasteiger partial charge >= 0.3 is 0 Å². The fourth-order valence-electron chi connectivity index (χ4n) is 4.32. The Morgan fingerprint density at radius 1 is 1.03 bits per heavy atom. The van der Waals surface area contributed by atoms with Gasteiger partial charge in [0.25, 0.3) is 11.7 Å². The second kappa shape index (κ2) is 10.2. The van der Waals surface area contributed by atoms with Gasteiger partial charge in [0, 0.05) is 31.7 Å². The number of hydrogen-bond donors (Lipinski definition) is 1. The molecule has 2 aromatic carbocycles. The van der Waals surface area contributed by atoms with Crippen LogP contribution in [0.25, 0.3) is 5.76 Å². The van der Waals surface area contributed by atoms with E-state index in [1.165, 1.54) is 43.4 Å². The van der Waals surface area contributed by atoms with E-state index in [2.05, 4.69) is 4.90 Å². The summed E-state index contributed by atoms with van der Waals surface area (Å²) in [4.78, 5) is 29.9. The van der Waals surface area contributed by atoms with Gasteiger partial charge in [-0.25, -0.2) is 4.39 Å². The molecule has 1 amide bonds. The number of carbonyl (C=O) groups excluding carboxylic acids is 2. The Morgan fingerprint density at radius 3 is 2.35 bits per heavy atom. The number of likely N-dealkylation sites (tertiary alicyclic amines) is 1. The highest BCUT2D eigenvalue weighted by atomic mass is 19.1. The minimum atomic E-state index is -0.842. The molecule has 0 bridgehead atoms. The highest BCUT2D eigenvalue weighted by molar-refractivity contribution is 6.46. The average Bonchev–Trinajstić information content (AvgIpc) is 3.12. The first kappa shape index (κ1) is 23.7. The molecule has 0 radical (unpaired) electrons. The summed E-state index contributed by atoms with van der Waals surface area (Å²) >= 11 is 0. The number of ether oxygens (including phenoxy) is 3. The van der Waals surface area contributed by atoms with Gasteiger partial charge in [-0.3, -0.25) is 14.5 Å². The standard InChI is InChI=1S/C25H27FN2O6/c1-32-19-8-5-17(15-20(19)33-2)22-21(23(29)16-3-6-18(26)7-4-16)24(30)25(31)28(22)10-9-27-11-13-34-14-12-27/h3-8,15,22,29H,9-14H2,1-2H3/t22-/m1/s1. The van der Waals surface area contributed by atoms with Gasteiger partial charge in [0.1, 0.15) is 11.6 Å². The molecular weight excluding hydrogens is 443 g/mol. The fraction of sp³-hybridized carbons (Fsp3) is 0.360. The maximum atomic E-state index is 13.4. The lowest BCUT2D eigenvalue weighted by Gasteiger charge is -2.31. The largest absolute Gasteiger partial charge is 0.507 e.